The zero-order valence-electron chi connectivity index (χ0n) is 13.9. The molecule has 3 heterocycles. The molecule has 1 fully saturated rings. The van der Waals surface area contributed by atoms with Gasteiger partial charge in [-0.25, -0.2) is 4.98 Å². The first kappa shape index (κ1) is 15.1. The van der Waals surface area contributed by atoms with Gasteiger partial charge >= 0.3 is 0 Å². The fourth-order valence-corrected chi connectivity index (χ4v) is 3.48. The standard InChI is InChI=1S/C19H22N4O/c1-15-12-18(24-21-15)17-8-5-10-22(17)14-19-20-9-11-23(19)13-16-6-3-2-4-7-16/h2-4,6-7,9,11-12,17H,5,8,10,13-14H2,1H3/t17-/m0/s1. The van der Waals surface area contributed by atoms with Crippen LogP contribution in [0.25, 0.3) is 0 Å². The van der Waals surface area contributed by atoms with E-state index in [1.54, 1.807) is 0 Å². The van der Waals surface area contributed by atoms with Crippen LogP contribution < -0.4 is 0 Å². The van der Waals surface area contributed by atoms with Gasteiger partial charge in [-0.2, -0.15) is 0 Å². The number of likely N-dealkylation sites (tertiary alicyclic amines) is 1. The van der Waals surface area contributed by atoms with Gasteiger partial charge in [-0.3, -0.25) is 4.90 Å². The zero-order valence-corrected chi connectivity index (χ0v) is 13.9. The topological polar surface area (TPSA) is 47.1 Å². The molecule has 1 aliphatic rings. The zero-order chi connectivity index (χ0) is 16.4. The minimum absolute atomic E-state index is 0.313. The second-order valence-corrected chi connectivity index (χ2v) is 6.46. The van der Waals surface area contributed by atoms with Crippen LogP contribution in [-0.2, 0) is 13.1 Å². The third-order valence-corrected chi connectivity index (χ3v) is 4.68. The summed E-state index contributed by atoms with van der Waals surface area (Å²) in [7, 11) is 0. The Labute approximate surface area is 141 Å². The van der Waals surface area contributed by atoms with Crippen molar-refractivity contribution >= 4 is 0 Å². The molecule has 0 aliphatic carbocycles. The molecule has 1 saturated heterocycles. The maximum atomic E-state index is 5.50. The smallest absolute Gasteiger partial charge is 0.154 e. The Kier molecular flexibility index (Phi) is 4.17. The van der Waals surface area contributed by atoms with Crippen LogP contribution in [-0.4, -0.2) is 26.2 Å². The predicted molar refractivity (Wildman–Crippen MR) is 91.4 cm³/mol. The minimum atomic E-state index is 0.313. The monoisotopic (exact) mass is 322 g/mol. The number of rotatable bonds is 5. The molecule has 5 heteroatoms. The Morgan fingerprint density at radius 2 is 2.08 bits per heavy atom. The van der Waals surface area contributed by atoms with Gasteiger partial charge in [-0.15, -0.1) is 0 Å². The summed E-state index contributed by atoms with van der Waals surface area (Å²) < 4.78 is 7.74. The Hall–Kier alpha value is -2.40. The van der Waals surface area contributed by atoms with E-state index in [1.165, 1.54) is 12.0 Å². The van der Waals surface area contributed by atoms with Crippen molar-refractivity contribution in [3.05, 3.63) is 71.6 Å². The lowest BCUT2D eigenvalue weighted by molar-refractivity contribution is 0.200. The molecular weight excluding hydrogens is 300 g/mol. The predicted octanol–water partition coefficient (Wildman–Crippen LogP) is 3.56. The summed E-state index contributed by atoms with van der Waals surface area (Å²) >= 11 is 0. The molecule has 1 aliphatic heterocycles. The first-order valence-corrected chi connectivity index (χ1v) is 8.51. The minimum Gasteiger partial charge on any atom is -0.359 e. The van der Waals surface area contributed by atoms with Crippen LogP contribution in [0.15, 0.2) is 53.3 Å². The first-order valence-electron chi connectivity index (χ1n) is 8.51. The lowest BCUT2D eigenvalue weighted by Crippen LogP contribution is -2.24. The van der Waals surface area contributed by atoms with E-state index >= 15 is 0 Å². The van der Waals surface area contributed by atoms with E-state index in [1.807, 2.05) is 19.2 Å². The number of aromatic nitrogens is 3. The fraction of sp³-hybridized carbons (Fsp3) is 0.368. The van der Waals surface area contributed by atoms with E-state index in [-0.39, 0.29) is 0 Å². The van der Waals surface area contributed by atoms with Gasteiger partial charge in [0.05, 0.1) is 18.3 Å². The van der Waals surface area contributed by atoms with Crippen LogP contribution in [0.1, 0.15) is 41.7 Å². The summed E-state index contributed by atoms with van der Waals surface area (Å²) in [5, 5.41) is 4.04. The van der Waals surface area contributed by atoms with E-state index in [0.29, 0.717) is 6.04 Å². The molecule has 0 radical (unpaired) electrons. The maximum Gasteiger partial charge on any atom is 0.154 e. The number of aryl methyl sites for hydroxylation is 1. The van der Waals surface area contributed by atoms with E-state index in [2.05, 4.69) is 56.1 Å². The van der Waals surface area contributed by atoms with Gasteiger partial charge in [0.2, 0.25) is 0 Å². The second-order valence-electron chi connectivity index (χ2n) is 6.46. The number of hydrogen-bond donors (Lipinski definition) is 0. The number of benzene rings is 1. The lowest BCUT2D eigenvalue weighted by Gasteiger charge is -2.22. The Bertz CT molecular complexity index is 793. The maximum absolute atomic E-state index is 5.50. The summed E-state index contributed by atoms with van der Waals surface area (Å²) in [5.41, 5.74) is 2.24. The van der Waals surface area contributed by atoms with Crippen molar-refractivity contribution < 1.29 is 4.52 Å². The highest BCUT2D eigenvalue weighted by molar-refractivity contribution is 5.16. The highest BCUT2D eigenvalue weighted by atomic mass is 16.5. The molecular formula is C19H22N4O. The van der Waals surface area contributed by atoms with Crippen molar-refractivity contribution in [1.82, 2.24) is 19.6 Å². The molecule has 5 nitrogen and oxygen atoms in total. The third kappa shape index (κ3) is 3.12. The van der Waals surface area contributed by atoms with Gasteiger partial charge in [-0.1, -0.05) is 35.5 Å². The molecule has 2 aromatic heterocycles. The molecule has 24 heavy (non-hydrogen) atoms. The molecule has 0 spiro atoms. The highest BCUT2D eigenvalue weighted by Crippen LogP contribution is 2.33. The quantitative estimate of drug-likeness (QED) is 0.720. The van der Waals surface area contributed by atoms with Crippen molar-refractivity contribution in [3.63, 3.8) is 0 Å². The molecule has 1 atom stereocenters. The molecule has 3 aromatic rings. The van der Waals surface area contributed by atoms with Crippen molar-refractivity contribution in [2.75, 3.05) is 6.54 Å². The molecule has 0 N–H and O–H groups in total. The Morgan fingerprint density at radius 1 is 1.21 bits per heavy atom. The summed E-state index contributed by atoms with van der Waals surface area (Å²) in [5.74, 6) is 2.08. The fourth-order valence-electron chi connectivity index (χ4n) is 3.48. The lowest BCUT2D eigenvalue weighted by atomic mass is 10.1. The SMILES string of the molecule is Cc1cc([C@@H]2CCCN2Cc2nccn2Cc2ccccc2)on1. The van der Waals surface area contributed by atoms with Crippen molar-refractivity contribution in [2.24, 2.45) is 0 Å². The van der Waals surface area contributed by atoms with Gasteiger partial charge in [0.1, 0.15) is 5.82 Å². The van der Waals surface area contributed by atoms with Crippen LogP contribution in [0.2, 0.25) is 0 Å². The number of hydrogen-bond acceptors (Lipinski definition) is 4. The van der Waals surface area contributed by atoms with E-state index in [0.717, 1.165) is 43.3 Å². The molecule has 4 rings (SSSR count). The van der Waals surface area contributed by atoms with Crippen LogP contribution in [0.4, 0.5) is 0 Å². The molecule has 0 bridgehead atoms. The molecule has 124 valence electrons. The van der Waals surface area contributed by atoms with Gasteiger partial charge < -0.3 is 9.09 Å². The highest BCUT2D eigenvalue weighted by Gasteiger charge is 2.29. The number of imidazole rings is 1. The summed E-state index contributed by atoms with van der Waals surface area (Å²) in [6.45, 7) is 4.74. The van der Waals surface area contributed by atoms with Crippen molar-refractivity contribution in [2.45, 2.75) is 38.9 Å². The number of nitrogens with zero attached hydrogens (tertiary/aromatic N) is 4. The van der Waals surface area contributed by atoms with E-state index in [9.17, 15) is 0 Å². The van der Waals surface area contributed by atoms with Gasteiger partial charge in [-0.05, 0) is 31.9 Å². The van der Waals surface area contributed by atoms with E-state index in [4.69, 9.17) is 4.52 Å². The summed E-state index contributed by atoms with van der Waals surface area (Å²) in [4.78, 5) is 7.03. The third-order valence-electron chi connectivity index (χ3n) is 4.68. The average Bonchev–Trinajstić information content (AvgIpc) is 3.31. The average molecular weight is 322 g/mol. The van der Waals surface area contributed by atoms with E-state index < -0.39 is 0 Å². The van der Waals surface area contributed by atoms with Crippen LogP contribution in [0.3, 0.4) is 0 Å². The Morgan fingerprint density at radius 3 is 2.88 bits per heavy atom. The van der Waals surface area contributed by atoms with Gasteiger partial charge in [0.25, 0.3) is 0 Å². The molecule has 0 unspecified atom stereocenters. The first-order chi connectivity index (χ1) is 11.8. The van der Waals surface area contributed by atoms with Gasteiger partial charge in [0.15, 0.2) is 5.76 Å². The molecule has 0 amide bonds. The molecule has 1 aromatic carbocycles. The second kappa shape index (κ2) is 6.61. The summed E-state index contributed by atoms with van der Waals surface area (Å²) in [6.07, 6.45) is 6.26. The van der Waals surface area contributed by atoms with Crippen molar-refractivity contribution in [1.29, 1.82) is 0 Å². The molecule has 0 saturated carbocycles. The van der Waals surface area contributed by atoms with Crippen LogP contribution in [0, 0.1) is 6.92 Å². The Balaban J connectivity index is 1.50. The van der Waals surface area contributed by atoms with Gasteiger partial charge in [0, 0.05) is 25.0 Å². The van der Waals surface area contributed by atoms with Crippen molar-refractivity contribution in [3.8, 4) is 0 Å². The largest absolute Gasteiger partial charge is 0.359 e. The van der Waals surface area contributed by atoms with Crippen LogP contribution in [0.5, 0.6) is 0 Å². The van der Waals surface area contributed by atoms with Crippen LogP contribution >= 0.6 is 0 Å². The normalized spacial score (nSPS) is 18.3. The summed E-state index contributed by atoms with van der Waals surface area (Å²) in [6, 6.07) is 12.9.